The van der Waals surface area contributed by atoms with E-state index in [0.717, 1.165) is 22.0 Å². The lowest BCUT2D eigenvalue weighted by Crippen LogP contribution is -2.22. The second-order valence-corrected chi connectivity index (χ2v) is 5.00. The van der Waals surface area contributed by atoms with Gasteiger partial charge in [-0.2, -0.15) is 5.10 Å². The number of amides is 1. The number of aromatic nitrogens is 1. The molecule has 6 heteroatoms. The van der Waals surface area contributed by atoms with E-state index >= 15 is 0 Å². The van der Waals surface area contributed by atoms with Crippen LogP contribution in [-0.2, 0) is 9.63 Å². The largest absolute Gasteiger partial charge is 0.386 e. The van der Waals surface area contributed by atoms with Gasteiger partial charge in [0.2, 0.25) is 0 Å². The van der Waals surface area contributed by atoms with Crippen molar-refractivity contribution >= 4 is 29.2 Å². The lowest BCUT2D eigenvalue weighted by atomic mass is 10.2. The van der Waals surface area contributed by atoms with Crippen molar-refractivity contribution in [1.82, 2.24) is 10.4 Å². The summed E-state index contributed by atoms with van der Waals surface area (Å²) < 4.78 is 0. The number of para-hydroxylation sites is 1. The van der Waals surface area contributed by atoms with E-state index in [4.69, 9.17) is 4.84 Å². The first-order valence-electron chi connectivity index (χ1n) is 7.41. The fraction of sp³-hybridized carbons (Fsp3) is 0.0556. The molecule has 0 unspecified atom stereocenters. The smallest absolute Gasteiger partial charge is 0.280 e. The molecule has 0 bridgehead atoms. The van der Waals surface area contributed by atoms with Crippen molar-refractivity contribution in [2.45, 2.75) is 0 Å². The zero-order valence-corrected chi connectivity index (χ0v) is 12.8. The Kier molecular flexibility index (Phi) is 4.99. The molecule has 1 heterocycles. The molecule has 6 nitrogen and oxygen atoms in total. The molecule has 3 aromatic rings. The lowest BCUT2D eigenvalue weighted by Gasteiger charge is -1.98. The zero-order valence-electron chi connectivity index (χ0n) is 12.8. The number of hydrogen-bond donors (Lipinski definition) is 2. The summed E-state index contributed by atoms with van der Waals surface area (Å²) in [6.45, 7) is -0.200. The Morgan fingerprint density at radius 3 is 2.75 bits per heavy atom. The van der Waals surface area contributed by atoms with E-state index in [-0.39, 0.29) is 12.5 Å². The summed E-state index contributed by atoms with van der Waals surface area (Å²) in [6, 6.07) is 17.3. The van der Waals surface area contributed by atoms with Crippen LogP contribution < -0.4 is 5.43 Å². The average molecular weight is 320 g/mol. The summed E-state index contributed by atoms with van der Waals surface area (Å²) in [5, 5.41) is 8.70. The molecule has 3 rings (SSSR count). The molecule has 2 N–H and O–H groups in total. The molecular weight excluding hydrogens is 304 g/mol. The van der Waals surface area contributed by atoms with Crippen LogP contribution in [-0.4, -0.2) is 29.9 Å². The van der Waals surface area contributed by atoms with Gasteiger partial charge in [0.15, 0.2) is 6.61 Å². The van der Waals surface area contributed by atoms with Gasteiger partial charge in [0, 0.05) is 22.7 Å². The number of H-pyrrole nitrogens is 1. The van der Waals surface area contributed by atoms with Gasteiger partial charge in [0.05, 0.1) is 12.4 Å². The number of nitrogens with one attached hydrogen (secondary N) is 2. The van der Waals surface area contributed by atoms with E-state index in [1.807, 2.05) is 60.8 Å². The van der Waals surface area contributed by atoms with Gasteiger partial charge in [-0.15, -0.1) is 0 Å². The summed E-state index contributed by atoms with van der Waals surface area (Å²) in [6.07, 6.45) is 4.97. The zero-order chi connectivity index (χ0) is 16.6. The van der Waals surface area contributed by atoms with Crippen molar-refractivity contribution in [3.63, 3.8) is 0 Å². The number of hydrogen-bond acceptors (Lipinski definition) is 4. The SMILES string of the molecule is O=C(CO/N=C\c1ccccc1)NN=Cc1c[nH]c2ccccc12. The van der Waals surface area contributed by atoms with Gasteiger partial charge in [-0.3, -0.25) is 4.79 Å². The van der Waals surface area contributed by atoms with Gasteiger partial charge in [-0.25, -0.2) is 5.43 Å². The minimum absolute atomic E-state index is 0.200. The number of fused-ring (bicyclic) bond motifs is 1. The Morgan fingerprint density at radius 2 is 1.88 bits per heavy atom. The number of benzene rings is 2. The lowest BCUT2D eigenvalue weighted by molar-refractivity contribution is -0.125. The summed E-state index contributed by atoms with van der Waals surface area (Å²) in [5.41, 5.74) is 5.22. The van der Waals surface area contributed by atoms with E-state index < -0.39 is 0 Å². The molecule has 0 fully saturated rings. The molecule has 0 atom stereocenters. The molecule has 1 amide bonds. The van der Waals surface area contributed by atoms with Crippen molar-refractivity contribution in [3.8, 4) is 0 Å². The highest BCUT2D eigenvalue weighted by atomic mass is 16.6. The van der Waals surface area contributed by atoms with E-state index in [1.165, 1.54) is 0 Å². The molecule has 1 aromatic heterocycles. The molecular formula is C18H16N4O2. The first kappa shape index (κ1) is 15.5. The Bertz CT molecular complexity index is 869. The van der Waals surface area contributed by atoms with Crippen LogP contribution in [0, 0.1) is 0 Å². The summed E-state index contributed by atoms with van der Waals surface area (Å²) in [5.74, 6) is -0.378. The van der Waals surface area contributed by atoms with Crippen LogP contribution in [0.1, 0.15) is 11.1 Å². The molecule has 0 spiro atoms. The van der Waals surface area contributed by atoms with Crippen molar-refractivity contribution in [2.75, 3.05) is 6.61 Å². The van der Waals surface area contributed by atoms with Crippen molar-refractivity contribution < 1.29 is 9.63 Å². The third-order valence-corrected chi connectivity index (χ3v) is 3.29. The molecule has 24 heavy (non-hydrogen) atoms. The van der Waals surface area contributed by atoms with Crippen LogP contribution in [0.4, 0.5) is 0 Å². The second kappa shape index (κ2) is 7.73. The Hall–Kier alpha value is -3.41. The maximum atomic E-state index is 11.6. The number of carbonyl (C=O) groups is 1. The van der Waals surface area contributed by atoms with E-state index in [0.29, 0.717) is 0 Å². The predicted molar refractivity (Wildman–Crippen MR) is 94.0 cm³/mol. The number of oxime groups is 1. The van der Waals surface area contributed by atoms with E-state index in [2.05, 4.69) is 20.7 Å². The molecule has 0 aliphatic rings. The monoisotopic (exact) mass is 320 g/mol. The topological polar surface area (TPSA) is 78.8 Å². The first-order chi connectivity index (χ1) is 11.8. The number of hydrazone groups is 1. The van der Waals surface area contributed by atoms with Crippen LogP contribution in [0.15, 0.2) is 71.1 Å². The van der Waals surface area contributed by atoms with Gasteiger partial charge >= 0.3 is 0 Å². The Labute approximate surface area is 138 Å². The van der Waals surface area contributed by atoms with Gasteiger partial charge in [0.25, 0.3) is 5.91 Å². The highest BCUT2D eigenvalue weighted by molar-refractivity contribution is 5.99. The summed E-state index contributed by atoms with van der Waals surface area (Å²) >= 11 is 0. The Morgan fingerprint density at radius 1 is 1.08 bits per heavy atom. The number of nitrogens with zero attached hydrogens (tertiary/aromatic N) is 2. The normalized spacial score (nSPS) is 11.3. The maximum Gasteiger partial charge on any atom is 0.280 e. The summed E-state index contributed by atoms with van der Waals surface area (Å²) in [7, 11) is 0. The minimum atomic E-state index is -0.378. The molecule has 0 aliphatic carbocycles. The predicted octanol–water partition coefficient (Wildman–Crippen LogP) is 2.67. The highest BCUT2D eigenvalue weighted by Gasteiger charge is 2.01. The average Bonchev–Trinajstić information content (AvgIpc) is 3.03. The van der Waals surface area contributed by atoms with E-state index in [9.17, 15) is 4.79 Å². The van der Waals surface area contributed by atoms with Gasteiger partial charge in [0.1, 0.15) is 0 Å². The standard InChI is InChI=1S/C18H16N4O2/c23-18(13-24-21-10-14-6-2-1-3-7-14)22-20-12-15-11-19-17-9-5-4-8-16(15)17/h1-12,19H,13H2,(H,22,23)/b20-12?,21-10-. The minimum Gasteiger partial charge on any atom is -0.386 e. The van der Waals surface area contributed by atoms with Gasteiger partial charge < -0.3 is 9.82 Å². The first-order valence-corrected chi connectivity index (χ1v) is 7.41. The van der Waals surface area contributed by atoms with Crippen LogP contribution in [0.5, 0.6) is 0 Å². The summed E-state index contributed by atoms with van der Waals surface area (Å²) in [4.78, 5) is 19.7. The van der Waals surface area contributed by atoms with Gasteiger partial charge in [-0.05, 0) is 11.6 Å². The molecule has 0 saturated carbocycles. The van der Waals surface area contributed by atoms with Crippen LogP contribution in [0.2, 0.25) is 0 Å². The molecule has 0 saturated heterocycles. The van der Waals surface area contributed by atoms with Crippen LogP contribution in [0.25, 0.3) is 10.9 Å². The van der Waals surface area contributed by atoms with E-state index in [1.54, 1.807) is 12.4 Å². The van der Waals surface area contributed by atoms with Crippen LogP contribution in [0.3, 0.4) is 0 Å². The Balaban J connectivity index is 1.46. The van der Waals surface area contributed by atoms with Crippen molar-refractivity contribution in [3.05, 3.63) is 71.9 Å². The number of rotatable bonds is 6. The van der Waals surface area contributed by atoms with Gasteiger partial charge in [-0.1, -0.05) is 53.7 Å². The maximum absolute atomic E-state index is 11.6. The highest BCUT2D eigenvalue weighted by Crippen LogP contribution is 2.15. The molecule has 0 radical (unpaired) electrons. The fourth-order valence-corrected chi connectivity index (χ4v) is 2.14. The molecule has 2 aromatic carbocycles. The quantitative estimate of drug-likeness (QED) is 0.541. The second-order valence-electron chi connectivity index (χ2n) is 5.00. The third kappa shape index (κ3) is 4.07. The molecule has 0 aliphatic heterocycles. The third-order valence-electron chi connectivity index (χ3n) is 3.29. The number of aromatic amines is 1. The van der Waals surface area contributed by atoms with Crippen molar-refractivity contribution in [1.29, 1.82) is 0 Å². The molecule has 120 valence electrons. The van der Waals surface area contributed by atoms with Crippen molar-refractivity contribution in [2.24, 2.45) is 10.3 Å². The number of carbonyl (C=O) groups excluding carboxylic acids is 1. The van der Waals surface area contributed by atoms with Crippen LogP contribution >= 0.6 is 0 Å². The fourth-order valence-electron chi connectivity index (χ4n) is 2.14.